The van der Waals surface area contributed by atoms with Crippen LogP contribution in [0.25, 0.3) is 0 Å². The lowest BCUT2D eigenvalue weighted by molar-refractivity contribution is -0.132. The zero-order valence-electron chi connectivity index (χ0n) is 13.4. The van der Waals surface area contributed by atoms with Crippen molar-refractivity contribution in [3.8, 4) is 0 Å². The fourth-order valence-corrected chi connectivity index (χ4v) is 3.99. The van der Waals surface area contributed by atoms with E-state index in [1.165, 1.54) is 16.9 Å². The topological polar surface area (TPSA) is 42.3 Å². The summed E-state index contributed by atoms with van der Waals surface area (Å²) in [4.78, 5) is 26.0. The summed E-state index contributed by atoms with van der Waals surface area (Å²) in [5, 5.41) is 1.85. The van der Waals surface area contributed by atoms with Gasteiger partial charge in [-0.25, -0.2) is 0 Å². The molecule has 0 saturated carbocycles. The minimum atomic E-state index is 0.0260. The Morgan fingerprint density at radius 2 is 1.91 bits per heavy atom. The van der Waals surface area contributed by atoms with Crippen LogP contribution in [0.15, 0.2) is 40.5 Å². The van der Waals surface area contributed by atoms with Gasteiger partial charge in [-0.05, 0) is 31.2 Å². The first-order chi connectivity index (χ1) is 11.1. The number of hydrogen-bond acceptors (Lipinski definition) is 3. The van der Waals surface area contributed by atoms with Crippen LogP contribution < -0.4 is 4.87 Å². The highest BCUT2D eigenvalue weighted by molar-refractivity contribution is 7.07. The molecule has 1 amide bonds. The van der Waals surface area contributed by atoms with Gasteiger partial charge < -0.3 is 9.47 Å². The number of aromatic nitrogens is 1. The number of likely N-dealkylation sites (tertiary alicyclic amines) is 1. The van der Waals surface area contributed by atoms with Crippen LogP contribution in [0.2, 0.25) is 0 Å². The highest BCUT2D eigenvalue weighted by Crippen LogP contribution is 2.27. The van der Waals surface area contributed by atoms with Crippen LogP contribution in [0.4, 0.5) is 0 Å². The largest absolute Gasteiger partial charge is 0.343 e. The SMILES string of the molecule is Cc1csc(=O)n1CCC(=O)N1CCC(c2ccccc2)CC1. The number of amides is 1. The third-order valence-electron chi connectivity index (χ3n) is 4.64. The molecule has 1 fully saturated rings. The zero-order valence-corrected chi connectivity index (χ0v) is 14.2. The predicted octanol–water partition coefficient (Wildman–Crippen LogP) is 3.01. The van der Waals surface area contributed by atoms with E-state index in [9.17, 15) is 9.59 Å². The van der Waals surface area contributed by atoms with Crippen molar-refractivity contribution in [1.29, 1.82) is 0 Å². The molecule has 0 bridgehead atoms. The van der Waals surface area contributed by atoms with Gasteiger partial charge in [-0.15, -0.1) is 0 Å². The van der Waals surface area contributed by atoms with Gasteiger partial charge in [-0.1, -0.05) is 41.7 Å². The summed E-state index contributed by atoms with van der Waals surface area (Å²) < 4.78 is 1.69. The first kappa shape index (κ1) is 16.0. The Hall–Kier alpha value is -1.88. The van der Waals surface area contributed by atoms with Gasteiger partial charge in [-0.2, -0.15) is 0 Å². The van der Waals surface area contributed by atoms with Gasteiger partial charge in [0, 0.05) is 37.1 Å². The van der Waals surface area contributed by atoms with Crippen molar-refractivity contribution in [2.45, 2.75) is 38.6 Å². The third kappa shape index (κ3) is 3.72. The Balaban J connectivity index is 1.51. The van der Waals surface area contributed by atoms with Crippen LogP contribution in [-0.2, 0) is 11.3 Å². The van der Waals surface area contributed by atoms with E-state index in [-0.39, 0.29) is 10.8 Å². The summed E-state index contributed by atoms with van der Waals surface area (Å²) in [6, 6.07) is 10.5. The van der Waals surface area contributed by atoms with Crippen molar-refractivity contribution in [3.63, 3.8) is 0 Å². The van der Waals surface area contributed by atoms with E-state index < -0.39 is 0 Å². The maximum atomic E-state index is 12.4. The van der Waals surface area contributed by atoms with E-state index in [1.807, 2.05) is 23.3 Å². The Morgan fingerprint density at radius 1 is 1.22 bits per heavy atom. The van der Waals surface area contributed by atoms with Crippen molar-refractivity contribution in [1.82, 2.24) is 9.47 Å². The van der Waals surface area contributed by atoms with Gasteiger partial charge in [0.25, 0.3) is 0 Å². The molecule has 2 aromatic rings. The van der Waals surface area contributed by atoms with Gasteiger partial charge in [-0.3, -0.25) is 9.59 Å². The summed E-state index contributed by atoms with van der Waals surface area (Å²) in [6.45, 7) is 4.03. The number of nitrogens with zero attached hydrogens (tertiary/aromatic N) is 2. The third-order valence-corrected chi connectivity index (χ3v) is 5.53. The molecule has 4 nitrogen and oxygen atoms in total. The van der Waals surface area contributed by atoms with Crippen LogP contribution >= 0.6 is 11.3 Å². The molecular formula is C18H22N2O2S. The molecule has 122 valence electrons. The van der Waals surface area contributed by atoms with Crippen molar-refractivity contribution >= 4 is 17.2 Å². The first-order valence-corrected chi connectivity index (χ1v) is 9.01. The molecule has 1 aromatic heterocycles. The molecule has 1 aliphatic rings. The minimum absolute atomic E-state index is 0.0260. The smallest absolute Gasteiger partial charge is 0.307 e. The standard InChI is InChI=1S/C18H22N2O2S/c1-14-13-23-18(22)20(14)12-9-17(21)19-10-7-16(8-11-19)15-5-3-2-4-6-15/h2-6,13,16H,7-12H2,1H3. The van der Waals surface area contributed by atoms with E-state index >= 15 is 0 Å². The lowest BCUT2D eigenvalue weighted by Crippen LogP contribution is -2.38. The minimum Gasteiger partial charge on any atom is -0.343 e. The van der Waals surface area contributed by atoms with Gasteiger partial charge in [0.2, 0.25) is 5.91 Å². The molecule has 0 radical (unpaired) electrons. The van der Waals surface area contributed by atoms with Gasteiger partial charge >= 0.3 is 4.87 Å². The molecule has 1 saturated heterocycles. The van der Waals surface area contributed by atoms with Gasteiger partial charge in [0.15, 0.2) is 0 Å². The molecule has 23 heavy (non-hydrogen) atoms. The fourth-order valence-electron chi connectivity index (χ4n) is 3.23. The number of rotatable bonds is 4. The Labute approximate surface area is 140 Å². The Morgan fingerprint density at radius 3 is 2.52 bits per heavy atom. The predicted molar refractivity (Wildman–Crippen MR) is 92.9 cm³/mol. The van der Waals surface area contributed by atoms with Crippen LogP contribution in [0.3, 0.4) is 0 Å². The van der Waals surface area contributed by atoms with E-state index in [1.54, 1.807) is 4.57 Å². The average Bonchev–Trinajstić information content (AvgIpc) is 2.92. The lowest BCUT2D eigenvalue weighted by Gasteiger charge is -2.32. The van der Waals surface area contributed by atoms with Crippen molar-refractivity contribution in [3.05, 3.63) is 56.6 Å². The van der Waals surface area contributed by atoms with Gasteiger partial charge in [0.1, 0.15) is 0 Å². The molecule has 5 heteroatoms. The summed E-state index contributed by atoms with van der Waals surface area (Å²) in [5.41, 5.74) is 2.32. The van der Waals surface area contributed by atoms with E-state index in [2.05, 4.69) is 24.3 Å². The van der Waals surface area contributed by atoms with Crippen LogP contribution in [0.1, 0.15) is 36.4 Å². The van der Waals surface area contributed by atoms with Crippen molar-refractivity contribution in [2.24, 2.45) is 0 Å². The Bertz CT molecular complexity index is 712. The second-order valence-corrected chi connectivity index (χ2v) is 6.93. The first-order valence-electron chi connectivity index (χ1n) is 8.13. The summed E-state index contributed by atoms with van der Waals surface area (Å²) >= 11 is 1.20. The van der Waals surface area contributed by atoms with Crippen LogP contribution in [-0.4, -0.2) is 28.5 Å². The average molecular weight is 330 g/mol. The molecule has 0 aliphatic carbocycles. The zero-order chi connectivity index (χ0) is 16.2. The maximum Gasteiger partial charge on any atom is 0.307 e. The molecule has 0 atom stereocenters. The van der Waals surface area contributed by atoms with Crippen molar-refractivity contribution in [2.75, 3.05) is 13.1 Å². The highest BCUT2D eigenvalue weighted by atomic mass is 32.1. The van der Waals surface area contributed by atoms with E-state index in [4.69, 9.17) is 0 Å². The summed E-state index contributed by atoms with van der Waals surface area (Å²) in [5.74, 6) is 0.719. The van der Waals surface area contributed by atoms with E-state index in [0.29, 0.717) is 18.9 Å². The fraction of sp³-hybridized carbons (Fsp3) is 0.444. The highest BCUT2D eigenvalue weighted by Gasteiger charge is 2.23. The number of hydrogen-bond donors (Lipinski definition) is 0. The molecular weight excluding hydrogens is 308 g/mol. The maximum absolute atomic E-state index is 12.4. The molecule has 3 rings (SSSR count). The van der Waals surface area contributed by atoms with Gasteiger partial charge in [0.05, 0.1) is 0 Å². The normalized spacial score (nSPS) is 15.8. The molecule has 0 N–H and O–H groups in total. The number of carbonyl (C=O) groups is 1. The number of benzene rings is 1. The molecule has 0 unspecified atom stereocenters. The van der Waals surface area contributed by atoms with Crippen LogP contribution in [0, 0.1) is 6.92 Å². The summed E-state index contributed by atoms with van der Waals surface area (Å²) in [6.07, 6.45) is 2.45. The number of carbonyl (C=O) groups excluding carboxylic acids is 1. The quantitative estimate of drug-likeness (QED) is 0.865. The Kier molecular flexibility index (Phi) is 4.96. The van der Waals surface area contributed by atoms with Crippen LogP contribution in [0.5, 0.6) is 0 Å². The number of thiazole rings is 1. The number of piperidine rings is 1. The van der Waals surface area contributed by atoms with E-state index in [0.717, 1.165) is 31.6 Å². The molecule has 1 aliphatic heterocycles. The monoisotopic (exact) mass is 330 g/mol. The lowest BCUT2D eigenvalue weighted by atomic mass is 9.89. The molecule has 0 spiro atoms. The second kappa shape index (κ2) is 7.13. The number of aryl methyl sites for hydroxylation is 1. The molecule has 2 heterocycles. The molecule has 1 aromatic carbocycles. The second-order valence-electron chi connectivity index (χ2n) is 6.11. The van der Waals surface area contributed by atoms with Crippen molar-refractivity contribution < 1.29 is 4.79 Å². The summed E-state index contributed by atoms with van der Waals surface area (Å²) in [7, 11) is 0.